The molecule has 20 heavy (non-hydrogen) atoms. The molecule has 0 radical (unpaired) electrons. The summed E-state index contributed by atoms with van der Waals surface area (Å²) in [7, 11) is 0. The van der Waals surface area contributed by atoms with Gasteiger partial charge in [0.2, 0.25) is 0 Å². The van der Waals surface area contributed by atoms with Gasteiger partial charge in [0, 0.05) is 18.1 Å². The predicted molar refractivity (Wildman–Crippen MR) is 83.5 cm³/mol. The molecule has 3 nitrogen and oxygen atoms in total. The molecule has 1 aliphatic heterocycles. The Balaban J connectivity index is 1.96. The van der Waals surface area contributed by atoms with Gasteiger partial charge in [-0.25, -0.2) is 0 Å². The van der Waals surface area contributed by atoms with E-state index in [0.29, 0.717) is 12.1 Å². The van der Waals surface area contributed by atoms with E-state index in [4.69, 9.17) is 0 Å². The van der Waals surface area contributed by atoms with E-state index in [9.17, 15) is 5.26 Å². The Kier molecular flexibility index (Phi) is 5.46. The van der Waals surface area contributed by atoms with Crippen LogP contribution in [0.25, 0.3) is 0 Å². The van der Waals surface area contributed by atoms with Crippen LogP contribution in [0, 0.1) is 11.3 Å². The van der Waals surface area contributed by atoms with Crippen LogP contribution in [0.2, 0.25) is 0 Å². The highest BCUT2D eigenvalue weighted by molar-refractivity contribution is 5.08. The number of hydrogen-bond acceptors (Lipinski definition) is 3. The van der Waals surface area contributed by atoms with Crippen LogP contribution in [0.1, 0.15) is 72.1 Å². The van der Waals surface area contributed by atoms with Gasteiger partial charge in [-0.05, 0) is 58.9 Å². The molecular formula is C17H31N3. The van der Waals surface area contributed by atoms with E-state index in [1.54, 1.807) is 0 Å². The average molecular weight is 277 g/mol. The Labute approximate surface area is 124 Å². The van der Waals surface area contributed by atoms with Crippen molar-refractivity contribution in [3.63, 3.8) is 0 Å². The highest BCUT2D eigenvalue weighted by atomic mass is 15.2. The molecule has 3 heteroatoms. The Hall–Kier alpha value is -0.590. The van der Waals surface area contributed by atoms with Gasteiger partial charge in [-0.3, -0.25) is 10.2 Å². The zero-order valence-corrected chi connectivity index (χ0v) is 13.5. The fourth-order valence-electron chi connectivity index (χ4n) is 3.74. The molecule has 0 aromatic carbocycles. The first kappa shape index (κ1) is 15.8. The van der Waals surface area contributed by atoms with Crippen LogP contribution in [-0.2, 0) is 0 Å². The van der Waals surface area contributed by atoms with Crippen molar-refractivity contribution in [3.8, 4) is 6.07 Å². The van der Waals surface area contributed by atoms with Crippen LogP contribution >= 0.6 is 0 Å². The molecule has 2 rings (SSSR count). The van der Waals surface area contributed by atoms with E-state index < -0.39 is 0 Å². The summed E-state index contributed by atoms with van der Waals surface area (Å²) in [6, 6.07) is 4.34. The number of nitriles is 1. The quantitative estimate of drug-likeness (QED) is 0.808. The molecular weight excluding hydrogens is 246 g/mol. The standard InChI is InChI=1S/C17H31N3/c1-4-16-8-6-5-7-11-20(16)14(2)12-17(3,13-18)19-15-9-10-15/h14-16,19H,4-12H2,1-3H3. The maximum Gasteiger partial charge on any atom is 0.105 e. The highest BCUT2D eigenvalue weighted by Crippen LogP contribution is 2.28. The zero-order chi connectivity index (χ0) is 14.6. The summed E-state index contributed by atoms with van der Waals surface area (Å²) in [6.45, 7) is 7.92. The fraction of sp³-hybridized carbons (Fsp3) is 0.941. The second-order valence-corrected chi connectivity index (χ2v) is 7.06. The third-order valence-electron chi connectivity index (χ3n) is 5.01. The lowest BCUT2D eigenvalue weighted by Crippen LogP contribution is -2.50. The summed E-state index contributed by atoms with van der Waals surface area (Å²) < 4.78 is 0. The second kappa shape index (κ2) is 6.91. The molecule has 3 atom stereocenters. The van der Waals surface area contributed by atoms with Gasteiger partial charge in [0.15, 0.2) is 0 Å². The van der Waals surface area contributed by atoms with Crippen molar-refractivity contribution in [3.05, 3.63) is 0 Å². The van der Waals surface area contributed by atoms with Crippen LogP contribution in [-0.4, -0.2) is 35.1 Å². The van der Waals surface area contributed by atoms with E-state index in [1.807, 2.05) is 0 Å². The molecule has 2 aliphatic rings. The predicted octanol–water partition coefficient (Wildman–Crippen LogP) is 3.45. The summed E-state index contributed by atoms with van der Waals surface area (Å²) in [6.07, 6.45) is 10.1. The molecule has 1 heterocycles. The Morgan fingerprint density at radius 3 is 2.65 bits per heavy atom. The van der Waals surface area contributed by atoms with Crippen molar-refractivity contribution in [1.82, 2.24) is 10.2 Å². The molecule has 0 amide bonds. The second-order valence-electron chi connectivity index (χ2n) is 7.06. The summed E-state index contributed by atoms with van der Waals surface area (Å²) >= 11 is 0. The van der Waals surface area contributed by atoms with Crippen molar-refractivity contribution >= 4 is 0 Å². The van der Waals surface area contributed by atoms with Crippen LogP contribution in [0.5, 0.6) is 0 Å². The normalized spacial score (nSPS) is 29.2. The first-order valence-electron chi connectivity index (χ1n) is 8.52. The Morgan fingerprint density at radius 1 is 1.30 bits per heavy atom. The van der Waals surface area contributed by atoms with Gasteiger partial charge in [-0.1, -0.05) is 19.8 Å². The Morgan fingerprint density at radius 2 is 2.05 bits per heavy atom. The van der Waals surface area contributed by atoms with Crippen molar-refractivity contribution in [1.29, 1.82) is 5.26 Å². The van der Waals surface area contributed by atoms with Gasteiger partial charge in [0.1, 0.15) is 5.54 Å². The first-order valence-corrected chi connectivity index (χ1v) is 8.52. The molecule has 0 aromatic rings. The Bertz CT molecular complexity index is 345. The van der Waals surface area contributed by atoms with E-state index in [2.05, 4.69) is 37.1 Å². The lowest BCUT2D eigenvalue weighted by molar-refractivity contribution is 0.120. The monoisotopic (exact) mass is 277 g/mol. The minimum atomic E-state index is -0.356. The van der Waals surface area contributed by atoms with Crippen molar-refractivity contribution in [2.75, 3.05) is 6.54 Å². The third-order valence-corrected chi connectivity index (χ3v) is 5.01. The van der Waals surface area contributed by atoms with Gasteiger partial charge >= 0.3 is 0 Å². The molecule has 0 spiro atoms. The number of nitrogens with zero attached hydrogens (tertiary/aromatic N) is 2. The van der Waals surface area contributed by atoms with Gasteiger partial charge < -0.3 is 0 Å². The maximum absolute atomic E-state index is 9.56. The average Bonchev–Trinajstić information content (AvgIpc) is 3.24. The molecule has 2 fully saturated rings. The zero-order valence-electron chi connectivity index (χ0n) is 13.5. The van der Waals surface area contributed by atoms with E-state index in [1.165, 1.54) is 51.5 Å². The largest absolute Gasteiger partial charge is 0.298 e. The molecule has 1 N–H and O–H groups in total. The van der Waals surface area contributed by atoms with E-state index >= 15 is 0 Å². The molecule has 3 unspecified atom stereocenters. The summed E-state index contributed by atoms with van der Waals surface area (Å²) in [4.78, 5) is 2.68. The van der Waals surface area contributed by atoms with Crippen LogP contribution in [0.4, 0.5) is 0 Å². The first-order chi connectivity index (χ1) is 9.58. The molecule has 1 saturated heterocycles. The topological polar surface area (TPSA) is 39.1 Å². The lowest BCUT2D eigenvalue weighted by atomic mass is 9.93. The van der Waals surface area contributed by atoms with Crippen LogP contribution in [0.3, 0.4) is 0 Å². The summed E-state index contributed by atoms with van der Waals surface area (Å²) in [5, 5.41) is 13.1. The van der Waals surface area contributed by atoms with Gasteiger partial charge in [0.05, 0.1) is 6.07 Å². The molecule has 1 aliphatic carbocycles. The minimum Gasteiger partial charge on any atom is -0.298 e. The molecule has 1 saturated carbocycles. The van der Waals surface area contributed by atoms with Crippen molar-refractivity contribution in [2.24, 2.45) is 0 Å². The lowest BCUT2D eigenvalue weighted by Gasteiger charge is -2.38. The van der Waals surface area contributed by atoms with Gasteiger partial charge in [-0.15, -0.1) is 0 Å². The highest BCUT2D eigenvalue weighted by Gasteiger charge is 2.36. The fourth-order valence-corrected chi connectivity index (χ4v) is 3.74. The molecule has 0 bridgehead atoms. The molecule has 0 aromatic heterocycles. The SMILES string of the molecule is CCC1CCCCCN1C(C)CC(C)(C#N)NC1CC1. The number of rotatable bonds is 6. The summed E-state index contributed by atoms with van der Waals surface area (Å²) in [5.41, 5.74) is -0.356. The van der Waals surface area contributed by atoms with Gasteiger partial charge in [-0.2, -0.15) is 5.26 Å². The van der Waals surface area contributed by atoms with Crippen molar-refractivity contribution < 1.29 is 0 Å². The number of nitrogens with one attached hydrogen (secondary N) is 1. The van der Waals surface area contributed by atoms with Crippen molar-refractivity contribution in [2.45, 2.75) is 95.8 Å². The number of hydrogen-bond donors (Lipinski definition) is 1. The van der Waals surface area contributed by atoms with Gasteiger partial charge in [0.25, 0.3) is 0 Å². The minimum absolute atomic E-state index is 0.356. The summed E-state index contributed by atoms with van der Waals surface area (Å²) in [5.74, 6) is 0. The molecule has 114 valence electrons. The third kappa shape index (κ3) is 4.20. The van der Waals surface area contributed by atoms with Crippen LogP contribution in [0.15, 0.2) is 0 Å². The smallest absolute Gasteiger partial charge is 0.105 e. The maximum atomic E-state index is 9.56. The van der Waals surface area contributed by atoms with Crippen LogP contribution < -0.4 is 5.32 Å². The van der Waals surface area contributed by atoms with E-state index in [-0.39, 0.29) is 5.54 Å². The number of likely N-dealkylation sites (tertiary alicyclic amines) is 1. The van der Waals surface area contributed by atoms with E-state index in [0.717, 1.165) is 12.5 Å².